The minimum absolute atomic E-state index is 0.0468. The molecule has 6 nitrogen and oxygen atoms in total. The smallest absolute Gasteiger partial charge is 0.251 e. The third-order valence-corrected chi connectivity index (χ3v) is 6.83. The highest BCUT2D eigenvalue weighted by atomic mass is 32.2. The van der Waals surface area contributed by atoms with Gasteiger partial charge in [0.1, 0.15) is 6.33 Å². The number of H-pyrrole nitrogens is 1. The summed E-state index contributed by atoms with van der Waals surface area (Å²) >= 11 is 1.58. The number of thioether (sulfide) groups is 1. The van der Waals surface area contributed by atoms with E-state index in [2.05, 4.69) is 57.4 Å². The van der Waals surface area contributed by atoms with Crippen molar-refractivity contribution in [3.05, 3.63) is 77.1 Å². The van der Waals surface area contributed by atoms with E-state index < -0.39 is 0 Å². The Morgan fingerprint density at radius 2 is 1.81 bits per heavy atom. The number of carbonyl (C=O) groups excluding carboxylic acids is 1. The molecule has 2 aromatic carbocycles. The fourth-order valence-corrected chi connectivity index (χ4v) is 5.23. The monoisotopic (exact) mass is 449 g/mol. The van der Waals surface area contributed by atoms with E-state index in [9.17, 15) is 4.79 Å². The number of hydrogen-bond acceptors (Lipinski definition) is 5. The topological polar surface area (TPSA) is 73.9 Å². The number of benzene rings is 2. The van der Waals surface area contributed by atoms with E-state index >= 15 is 0 Å². The van der Waals surface area contributed by atoms with Crippen LogP contribution in [-0.4, -0.2) is 39.1 Å². The Morgan fingerprint density at radius 3 is 2.50 bits per heavy atom. The van der Waals surface area contributed by atoms with Crippen molar-refractivity contribution < 1.29 is 4.79 Å². The van der Waals surface area contributed by atoms with E-state index in [-0.39, 0.29) is 5.91 Å². The van der Waals surface area contributed by atoms with Gasteiger partial charge in [0, 0.05) is 37.5 Å². The van der Waals surface area contributed by atoms with Gasteiger partial charge in [-0.2, -0.15) is 5.10 Å². The van der Waals surface area contributed by atoms with Gasteiger partial charge in [-0.1, -0.05) is 62.0 Å². The summed E-state index contributed by atoms with van der Waals surface area (Å²) in [6.07, 6.45) is 2.81. The Morgan fingerprint density at radius 1 is 1.09 bits per heavy atom. The van der Waals surface area contributed by atoms with E-state index in [0.29, 0.717) is 12.1 Å². The molecule has 32 heavy (non-hydrogen) atoms. The number of amides is 1. The molecule has 168 valence electrons. The van der Waals surface area contributed by atoms with Gasteiger partial charge in [-0.25, -0.2) is 4.98 Å². The lowest BCUT2D eigenvalue weighted by Crippen LogP contribution is -2.38. The van der Waals surface area contributed by atoms with Crippen LogP contribution in [0, 0.1) is 11.8 Å². The molecule has 1 fully saturated rings. The summed E-state index contributed by atoms with van der Waals surface area (Å²) in [5.41, 5.74) is 4.30. The lowest BCUT2D eigenvalue weighted by atomic mass is 9.91. The molecule has 2 unspecified atom stereocenters. The van der Waals surface area contributed by atoms with Gasteiger partial charge >= 0.3 is 0 Å². The van der Waals surface area contributed by atoms with Crippen molar-refractivity contribution in [2.45, 2.75) is 44.3 Å². The minimum atomic E-state index is -0.0468. The van der Waals surface area contributed by atoms with E-state index in [1.54, 1.807) is 11.8 Å². The van der Waals surface area contributed by atoms with Crippen molar-refractivity contribution >= 4 is 17.7 Å². The van der Waals surface area contributed by atoms with Crippen LogP contribution < -0.4 is 5.32 Å². The summed E-state index contributed by atoms with van der Waals surface area (Å²) in [7, 11) is 0. The van der Waals surface area contributed by atoms with E-state index in [0.717, 1.165) is 47.9 Å². The highest BCUT2D eigenvalue weighted by molar-refractivity contribution is 7.98. The van der Waals surface area contributed by atoms with Gasteiger partial charge in [0.2, 0.25) is 0 Å². The Kier molecular flexibility index (Phi) is 7.60. The highest BCUT2D eigenvalue weighted by Crippen LogP contribution is 2.23. The largest absolute Gasteiger partial charge is 0.348 e. The third kappa shape index (κ3) is 6.20. The van der Waals surface area contributed by atoms with Crippen molar-refractivity contribution in [2.24, 2.45) is 11.8 Å². The molecule has 4 rings (SSSR count). The standard InChI is InChI=1S/C25H31N5OS/c1-18-11-19(2)14-30(13-18)15-23-6-4-3-5-22(23)12-26-24(31)21-9-7-20(8-10-21)16-32-25-27-17-28-29-25/h3-10,17-19H,11-16H2,1-2H3,(H,26,31)(H,27,28,29). The molecule has 7 heteroatoms. The summed E-state index contributed by atoms with van der Waals surface area (Å²) in [6, 6.07) is 16.2. The van der Waals surface area contributed by atoms with Crippen LogP contribution in [0.1, 0.15) is 47.3 Å². The summed E-state index contributed by atoms with van der Waals surface area (Å²) in [5.74, 6) is 2.21. The van der Waals surface area contributed by atoms with Gasteiger partial charge in [0.05, 0.1) is 0 Å². The van der Waals surface area contributed by atoms with Crippen molar-refractivity contribution in [1.82, 2.24) is 25.4 Å². The number of hydrogen-bond donors (Lipinski definition) is 2. The third-order valence-electron chi connectivity index (χ3n) is 5.88. The molecule has 2 atom stereocenters. The first-order chi connectivity index (χ1) is 15.6. The molecule has 1 aliphatic rings. The van der Waals surface area contributed by atoms with E-state index in [1.807, 2.05) is 30.3 Å². The van der Waals surface area contributed by atoms with Gasteiger partial charge in [-0.15, -0.1) is 0 Å². The quantitative estimate of drug-likeness (QED) is 0.495. The van der Waals surface area contributed by atoms with Crippen LogP contribution in [0.2, 0.25) is 0 Å². The van der Waals surface area contributed by atoms with Gasteiger partial charge in [0.15, 0.2) is 5.16 Å². The second kappa shape index (κ2) is 10.8. The predicted octanol–water partition coefficient (Wildman–Crippen LogP) is 4.50. The van der Waals surface area contributed by atoms with Crippen LogP contribution in [0.15, 0.2) is 60.0 Å². The molecule has 0 aliphatic carbocycles. The molecule has 2 heterocycles. The maximum absolute atomic E-state index is 12.7. The fraction of sp³-hybridized carbons (Fsp3) is 0.400. The Balaban J connectivity index is 1.32. The van der Waals surface area contributed by atoms with Crippen molar-refractivity contribution in [2.75, 3.05) is 13.1 Å². The van der Waals surface area contributed by atoms with E-state index in [1.165, 1.54) is 23.9 Å². The molecule has 0 spiro atoms. The summed E-state index contributed by atoms with van der Waals surface area (Å²) in [5, 5.41) is 10.6. The summed E-state index contributed by atoms with van der Waals surface area (Å²) in [4.78, 5) is 19.4. The molecule has 2 N–H and O–H groups in total. The maximum atomic E-state index is 12.7. The average molecular weight is 450 g/mol. The van der Waals surface area contributed by atoms with Crippen LogP contribution in [0.3, 0.4) is 0 Å². The zero-order chi connectivity index (χ0) is 22.3. The van der Waals surface area contributed by atoms with Crippen LogP contribution >= 0.6 is 11.8 Å². The number of rotatable bonds is 8. The molecule has 1 aliphatic heterocycles. The lowest BCUT2D eigenvalue weighted by Gasteiger charge is -2.35. The first kappa shape index (κ1) is 22.6. The molecule has 3 aromatic rings. The molecule has 0 radical (unpaired) electrons. The molecular formula is C25H31N5OS. The molecule has 1 saturated heterocycles. The Hall–Kier alpha value is -2.64. The molecule has 1 amide bonds. The fourth-order valence-electron chi connectivity index (χ4n) is 4.49. The maximum Gasteiger partial charge on any atom is 0.251 e. The first-order valence-electron chi connectivity index (χ1n) is 11.2. The number of likely N-dealkylation sites (tertiary alicyclic amines) is 1. The highest BCUT2D eigenvalue weighted by Gasteiger charge is 2.22. The Labute approximate surface area is 194 Å². The van der Waals surface area contributed by atoms with Crippen LogP contribution in [0.4, 0.5) is 0 Å². The van der Waals surface area contributed by atoms with Crippen molar-refractivity contribution in [1.29, 1.82) is 0 Å². The molecule has 1 aromatic heterocycles. The van der Waals surface area contributed by atoms with Gasteiger partial charge < -0.3 is 5.32 Å². The number of nitrogens with zero attached hydrogens (tertiary/aromatic N) is 3. The predicted molar refractivity (Wildman–Crippen MR) is 128 cm³/mol. The zero-order valence-corrected chi connectivity index (χ0v) is 19.6. The van der Waals surface area contributed by atoms with Crippen LogP contribution in [0.25, 0.3) is 0 Å². The molecule has 0 bridgehead atoms. The second-order valence-corrected chi connectivity index (χ2v) is 9.83. The average Bonchev–Trinajstić information content (AvgIpc) is 3.30. The van der Waals surface area contributed by atoms with Crippen molar-refractivity contribution in [3.63, 3.8) is 0 Å². The number of aromatic amines is 1. The van der Waals surface area contributed by atoms with E-state index in [4.69, 9.17) is 0 Å². The summed E-state index contributed by atoms with van der Waals surface area (Å²) in [6.45, 7) is 8.45. The summed E-state index contributed by atoms with van der Waals surface area (Å²) < 4.78 is 0. The number of nitrogens with one attached hydrogen (secondary N) is 2. The van der Waals surface area contributed by atoms with Crippen LogP contribution in [0.5, 0.6) is 0 Å². The van der Waals surface area contributed by atoms with Crippen molar-refractivity contribution in [3.8, 4) is 0 Å². The first-order valence-corrected chi connectivity index (χ1v) is 12.2. The van der Waals surface area contributed by atoms with Gasteiger partial charge in [0.25, 0.3) is 5.91 Å². The molecule has 0 saturated carbocycles. The number of piperidine rings is 1. The normalized spacial score (nSPS) is 19.1. The molecular weight excluding hydrogens is 418 g/mol. The van der Waals surface area contributed by atoms with Gasteiger partial charge in [-0.05, 0) is 47.1 Å². The number of carbonyl (C=O) groups is 1. The van der Waals surface area contributed by atoms with Gasteiger partial charge in [-0.3, -0.25) is 14.8 Å². The minimum Gasteiger partial charge on any atom is -0.348 e. The SMILES string of the molecule is CC1CC(C)CN(Cc2ccccc2CNC(=O)c2ccc(CSc3ncn[nH]3)cc2)C1. The Bertz CT molecular complexity index is 995. The second-order valence-electron chi connectivity index (χ2n) is 8.87. The van der Waals surface area contributed by atoms with Crippen LogP contribution in [-0.2, 0) is 18.8 Å². The zero-order valence-electron chi connectivity index (χ0n) is 18.8. The lowest BCUT2D eigenvalue weighted by molar-refractivity contribution is 0.0950. The number of aromatic nitrogens is 3.